The molecule has 0 spiro atoms. The lowest BCUT2D eigenvalue weighted by Gasteiger charge is -2.32. The third-order valence-electron chi connectivity index (χ3n) is 5.14. The number of guanidine groups is 1. The number of ether oxygens (including phenoxy) is 3. The highest BCUT2D eigenvalue weighted by atomic mass is 16.5. The average molecular weight is 362 g/mol. The standard InChI is InChI=1S/C19H30N4O3/c1-20-19(21-13-15-4-5-17(24-2)18(12-15)25-3)23-7-6-16(14-23)22-8-10-26-11-9-22/h4-5,12,16H,6-11,13-14H2,1-3H3,(H,20,21). The van der Waals surface area contributed by atoms with Crippen LogP contribution in [0.2, 0.25) is 0 Å². The first kappa shape index (κ1) is 18.8. The first-order chi connectivity index (χ1) is 12.7. The van der Waals surface area contributed by atoms with Gasteiger partial charge in [0.05, 0.1) is 27.4 Å². The molecule has 1 unspecified atom stereocenters. The van der Waals surface area contributed by atoms with Gasteiger partial charge >= 0.3 is 0 Å². The maximum Gasteiger partial charge on any atom is 0.193 e. The van der Waals surface area contributed by atoms with Crippen molar-refractivity contribution in [2.75, 3.05) is 60.7 Å². The van der Waals surface area contributed by atoms with Gasteiger partial charge in [0, 0.05) is 45.8 Å². The first-order valence-electron chi connectivity index (χ1n) is 9.23. The van der Waals surface area contributed by atoms with Crippen molar-refractivity contribution < 1.29 is 14.2 Å². The van der Waals surface area contributed by atoms with E-state index in [-0.39, 0.29) is 0 Å². The predicted molar refractivity (Wildman–Crippen MR) is 102 cm³/mol. The van der Waals surface area contributed by atoms with Crippen molar-refractivity contribution in [2.45, 2.75) is 19.0 Å². The molecule has 0 bridgehead atoms. The molecular formula is C19H30N4O3. The van der Waals surface area contributed by atoms with E-state index in [0.717, 1.165) is 62.4 Å². The van der Waals surface area contributed by atoms with Crippen LogP contribution in [-0.2, 0) is 11.3 Å². The molecule has 1 aromatic carbocycles. The molecule has 2 fully saturated rings. The van der Waals surface area contributed by atoms with Crippen molar-refractivity contribution in [3.05, 3.63) is 23.8 Å². The van der Waals surface area contributed by atoms with Gasteiger partial charge < -0.3 is 24.4 Å². The zero-order valence-electron chi connectivity index (χ0n) is 16.0. The van der Waals surface area contributed by atoms with E-state index in [4.69, 9.17) is 14.2 Å². The number of aliphatic imine (C=N–C) groups is 1. The molecule has 1 aromatic rings. The molecule has 0 aliphatic carbocycles. The molecule has 1 atom stereocenters. The van der Waals surface area contributed by atoms with Crippen LogP contribution in [0.3, 0.4) is 0 Å². The minimum absolute atomic E-state index is 0.596. The summed E-state index contributed by atoms with van der Waals surface area (Å²) in [6.07, 6.45) is 1.18. The van der Waals surface area contributed by atoms with E-state index < -0.39 is 0 Å². The minimum atomic E-state index is 0.596. The van der Waals surface area contributed by atoms with Crippen LogP contribution in [0.1, 0.15) is 12.0 Å². The van der Waals surface area contributed by atoms with Crippen LogP contribution in [0.4, 0.5) is 0 Å². The van der Waals surface area contributed by atoms with Crippen molar-refractivity contribution in [3.8, 4) is 11.5 Å². The summed E-state index contributed by atoms with van der Waals surface area (Å²) in [5.41, 5.74) is 1.13. The quantitative estimate of drug-likeness (QED) is 0.627. The summed E-state index contributed by atoms with van der Waals surface area (Å²) in [6, 6.07) is 6.57. The number of hydrogen-bond acceptors (Lipinski definition) is 5. The zero-order valence-corrected chi connectivity index (χ0v) is 16.0. The van der Waals surface area contributed by atoms with Crippen LogP contribution in [0.5, 0.6) is 11.5 Å². The van der Waals surface area contributed by atoms with E-state index in [1.54, 1.807) is 14.2 Å². The van der Waals surface area contributed by atoms with Crippen molar-refractivity contribution in [1.29, 1.82) is 0 Å². The molecule has 0 radical (unpaired) electrons. The Morgan fingerprint density at radius 2 is 1.96 bits per heavy atom. The van der Waals surface area contributed by atoms with Crippen molar-refractivity contribution in [2.24, 2.45) is 4.99 Å². The summed E-state index contributed by atoms with van der Waals surface area (Å²) in [6.45, 7) is 6.53. The molecule has 0 aromatic heterocycles. The lowest BCUT2D eigenvalue weighted by Crippen LogP contribution is -2.46. The number of likely N-dealkylation sites (tertiary alicyclic amines) is 1. The molecule has 2 saturated heterocycles. The summed E-state index contributed by atoms with van der Waals surface area (Å²) >= 11 is 0. The van der Waals surface area contributed by atoms with E-state index in [1.165, 1.54) is 6.42 Å². The fourth-order valence-electron chi connectivity index (χ4n) is 3.68. The fraction of sp³-hybridized carbons (Fsp3) is 0.632. The topological polar surface area (TPSA) is 58.6 Å². The SMILES string of the molecule is CN=C(NCc1ccc(OC)c(OC)c1)N1CCC(N2CCOCC2)C1. The third-order valence-corrected chi connectivity index (χ3v) is 5.14. The van der Waals surface area contributed by atoms with Crippen molar-refractivity contribution in [3.63, 3.8) is 0 Å². The van der Waals surface area contributed by atoms with Gasteiger partial charge in [0.1, 0.15) is 0 Å². The van der Waals surface area contributed by atoms with Gasteiger partial charge in [0.25, 0.3) is 0 Å². The molecule has 0 amide bonds. The number of rotatable bonds is 5. The van der Waals surface area contributed by atoms with Crippen LogP contribution in [0, 0.1) is 0 Å². The lowest BCUT2D eigenvalue weighted by molar-refractivity contribution is 0.0195. The molecule has 0 saturated carbocycles. The van der Waals surface area contributed by atoms with E-state index in [1.807, 2.05) is 25.2 Å². The normalized spacial score (nSPS) is 21.7. The lowest BCUT2D eigenvalue weighted by atomic mass is 10.2. The van der Waals surface area contributed by atoms with Gasteiger partial charge in [-0.15, -0.1) is 0 Å². The maximum absolute atomic E-state index is 5.47. The van der Waals surface area contributed by atoms with Crippen molar-refractivity contribution in [1.82, 2.24) is 15.1 Å². The van der Waals surface area contributed by atoms with E-state index in [9.17, 15) is 0 Å². The van der Waals surface area contributed by atoms with E-state index in [0.29, 0.717) is 12.6 Å². The van der Waals surface area contributed by atoms with Crippen LogP contribution >= 0.6 is 0 Å². The summed E-state index contributed by atoms with van der Waals surface area (Å²) in [7, 11) is 5.15. The summed E-state index contributed by atoms with van der Waals surface area (Å²) < 4.78 is 16.1. The molecule has 144 valence electrons. The van der Waals surface area contributed by atoms with Crippen LogP contribution < -0.4 is 14.8 Å². The molecule has 7 nitrogen and oxygen atoms in total. The Hall–Kier alpha value is -1.99. The molecule has 1 N–H and O–H groups in total. The highest BCUT2D eigenvalue weighted by Gasteiger charge is 2.30. The number of hydrogen-bond donors (Lipinski definition) is 1. The van der Waals surface area contributed by atoms with Gasteiger partial charge in [-0.3, -0.25) is 9.89 Å². The molecular weight excluding hydrogens is 332 g/mol. The summed E-state index contributed by atoms with van der Waals surface area (Å²) in [5, 5.41) is 3.48. The van der Waals surface area contributed by atoms with Gasteiger partial charge in [-0.25, -0.2) is 0 Å². The third kappa shape index (κ3) is 4.40. The van der Waals surface area contributed by atoms with Crippen LogP contribution in [-0.4, -0.2) is 82.5 Å². The molecule has 2 aliphatic heterocycles. The monoisotopic (exact) mass is 362 g/mol. The Kier molecular flexibility index (Phi) is 6.57. The number of nitrogens with one attached hydrogen (secondary N) is 1. The Bertz CT molecular complexity index is 617. The number of methoxy groups -OCH3 is 2. The smallest absolute Gasteiger partial charge is 0.193 e. The summed E-state index contributed by atoms with van der Waals surface area (Å²) in [4.78, 5) is 9.37. The van der Waals surface area contributed by atoms with Crippen molar-refractivity contribution >= 4 is 5.96 Å². The molecule has 26 heavy (non-hydrogen) atoms. The van der Waals surface area contributed by atoms with Gasteiger partial charge in [-0.2, -0.15) is 0 Å². The van der Waals surface area contributed by atoms with Gasteiger partial charge in [-0.05, 0) is 24.1 Å². The van der Waals surface area contributed by atoms with Crippen LogP contribution in [0.25, 0.3) is 0 Å². The number of morpholine rings is 1. The Labute approximate surface area is 155 Å². The first-order valence-corrected chi connectivity index (χ1v) is 9.23. The highest BCUT2D eigenvalue weighted by molar-refractivity contribution is 5.80. The molecule has 3 rings (SSSR count). The second-order valence-electron chi connectivity index (χ2n) is 6.63. The average Bonchev–Trinajstić information content (AvgIpc) is 3.19. The maximum atomic E-state index is 5.47. The zero-order chi connectivity index (χ0) is 18.4. The van der Waals surface area contributed by atoms with Gasteiger partial charge in [-0.1, -0.05) is 6.07 Å². The highest BCUT2D eigenvalue weighted by Crippen LogP contribution is 2.27. The predicted octanol–water partition coefficient (Wildman–Crippen LogP) is 1.19. The van der Waals surface area contributed by atoms with E-state index in [2.05, 4.69) is 20.1 Å². The second kappa shape index (κ2) is 9.09. The van der Waals surface area contributed by atoms with Gasteiger partial charge in [0.2, 0.25) is 0 Å². The number of nitrogens with zero attached hydrogens (tertiary/aromatic N) is 3. The molecule has 2 heterocycles. The Morgan fingerprint density at radius 1 is 1.19 bits per heavy atom. The van der Waals surface area contributed by atoms with E-state index >= 15 is 0 Å². The largest absolute Gasteiger partial charge is 0.493 e. The van der Waals surface area contributed by atoms with Gasteiger partial charge in [0.15, 0.2) is 17.5 Å². The number of benzene rings is 1. The Balaban J connectivity index is 1.55. The summed E-state index contributed by atoms with van der Waals surface area (Å²) in [5.74, 6) is 2.44. The minimum Gasteiger partial charge on any atom is -0.493 e. The second-order valence-corrected chi connectivity index (χ2v) is 6.63. The Morgan fingerprint density at radius 3 is 2.65 bits per heavy atom. The fourth-order valence-corrected chi connectivity index (χ4v) is 3.68. The molecule has 2 aliphatic rings. The van der Waals surface area contributed by atoms with Crippen LogP contribution in [0.15, 0.2) is 23.2 Å². The molecule has 7 heteroatoms.